The van der Waals surface area contributed by atoms with Gasteiger partial charge in [0.25, 0.3) is 11.4 Å². The number of nitro groups is 2. The topological polar surface area (TPSA) is 110 Å². The van der Waals surface area contributed by atoms with Crippen molar-refractivity contribution in [1.82, 2.24) is 0 Å². The Hall–Kier alpha value is -2.05. The Morgan fingerprint density at radius 3 is 2.29 bits per heavy atom. The number of nitro benzene ring substituents is 2. The van der Waals surface area contributed by atoms with E-state index in [2.05, 4.69) is 0 Å². The lowest BCUT2D eigenvalue weighted by Crippen LogP contribution is -1.93. The zero-order valence-electron chi connectivity index (χ0n) is 6.61. The molecule has 1 rings (SSSR count). The molecular weight excluding hydrogens is 210 g/mol. The maximum absolute atomic E-state index is 10.4. The van der Waals surface area contributed by atoms with Gasteiger partial charge in [-0.2, -0.15) is 4.61 Å². The van der Waals surface area contributed by atoms with Gasteiger partial charge in [0, 0.05) is 6.07 Å². The van der Waals surface area contributed by atoms with Crippen LogP contribution in [0, 0.1) is 24.8 Å². The lowest BCUT2D eigenvalue weighted by Gasteiger charge is -1.94. The monoisotopic (exact) mass is 213 g/mol. The highest BCUT2D eigenvalue weighted by Crippen LogP contribution is 2.27. The highest BCUT2D eigenvalue weighted by atomic mass is 32.1. The molecule has 72 valence electrons. The van der Waals surface area contributed by atoms with E-state index in [9.17, 15) is 20.2 Å². The molecule has 8 heteroatoms. The quantitative estimate of drug-likeness (QED) is 0.551. The number of benzene rings is 1. The van der Waals surface area contributed by atoms with E-state index in [1.165, 1.54) is 0 Å². The van der Waals surface area contributed by atoms with Crippen LogP contribution in [-0.4, -0.2) is 9.85 Å². The minimum atomic E-state index is -0.786. The first kappa shape index (κ1) is 10.0. The van der Waals surface area contributed by atoms with Crippen LogP contribution in [0.2, 0.25) is 0 Å². The fraction of sp³-hybridized carbons (Fsp3) is 0. The standard InChI is InChI=1S/C6H3N3O4S/c7-14-6-2-1-4(8(10)11)3-5(6)9(12)13/h1-3H. The number of non-ortho nitro benzene ring substituents is 1. The third kappa shape index (κ3) is 1.82. The molecule has 0 fully saturated rings. The molecule has 0 saturated carbocycles. The summed E-state index contributed by atoms with van der Waals surface area (Å²) in [7, 11) is 0. The van der Waals surface area contributed by atoms with E-state index in [0.29, 0.717) is 0 Å². The first-order valence-electron chi connectivity index (χ1n) is 3.30. The molecule has 0 aliphatic heterocycles. The third-order valence-corrected chi connectivity index (χ3v) is 1.99. The van der Waals surface area contributed by atoms with Crippen molar-refractivity contribution in [3.63, 3.8) is 0 Å². The van der Waals surface area contributed by atoms with Gasteiger partial charge in [0.2, 0.25) is 0 Å². The molecule has 0 aromatic heterocycles. The summed E-state index contributed by atoms with van der Waals surface area (Å²) in [6.45, 7) is 0. The van der Waals surface area contributed by atoms with Gasteiger partial charge in [0.1, 0.15) is 4.90 Å². The van der Waals surface area contributed by atoms with E-state index >= 15 is 0 Å². The summed E-state index contributed by atoms with van der Waals surface area (Å²) in [5.41, 5.74) is -0.860. The van der Waals surface area contributed by atoms with Crippen molar-refractivity contribution in [2.24, 2.45) is 0 Å². The molecule has 14 heavy (non-hydrogen) atoms. The Balaban J connectivity index is 3.37. The van der Waals surface area contributed by atoms with Crippen molar-refractivity contribution in [2.45, 2.75) is 4.90 Å². The van der Waals surface area contributed by atoms with Gasteiger partial charge in [-0.3, -0.25) is 20.2 Å². The zero-order valence-corrected chi connectivity index (χ0v) is 7.43. The highest BCUT2D eigenvalue weighted by Gasteiger charge is 2.18. The average molecular weight is 213 g/mol. The van der Waals surface area contributed by atoms with Gasteiger partial charge in [-0.15, -0.1) is 0 Å². The highest BCUT2D eigenvalue weighted by molar-refractivity contribution is 7.85. The normalized spacial score (nSPS) is 9.36. The van der Waals surface area contributed by atoms with Crippen LogP contribution in [0.3, 0.4) is 0 Å². The van der Waals surface area contributed by atoms with E-state index < -0.39 is 15.5 Å². The zero-order chi connectivity index (χ0) is 10.7. The summed E-state index contributed by atoms with van der Waals surface area (Å²) in [6.07, 6.45) is 0. The van der Waals surface area contributed by atoms with Gasteiger partial charge >= 0.3 is 0 Å². The van der Waals surface area contributed by atoms with E-state index in [0.717, 1.165) is 18.2 Å². The molecule has 0 aliphatic carbocycles. The fourth-order valence-corrected chi connectivity index (χ4v) is 1.20. The van der Waals surface area contributed by atoms with Gasteiger partial charge in [-0.1, -0.05) is 0 Å². The van der Waals surface area contributed by atoms with Crippen LogP contribution in [0.1, 0.15) is 0 Å². The molecule has 0 bridgehead atoms. The second-order valence-corrected chi connectivity index (χ2v) is 2.88. The predicted octanol–water partition coefficient (Wildman–Crippen LogP) is 2.07. The molecule has 0 radical (unpaired) electrons. The first-order valence-corrected chi connectivity index (χ1v) is 4.08. The Bertz CT molecular complexity index is 453. The minimum absolute atomic E-state index is 0.0272. The maximum atomic E-state index is 10.4. The molecule has 0 aliphatic rings. The molecule has 0 N–H and O–H groups in total. The Morgan fingerprint density at radius 2 is 1.86 bits per heavy atom. The molecule has 0 spiro atoms. The molecule has 0 atom stereocenters. The Labute approximate surface area is 81.2 Å². The molecule has 0 heterocycles. The summed E-state index contributed by atoms with van der Waals surface area (Å²) in [6, 6.07) is 3.02. The number of hydrogen-bond acceptors (Lipinski definition) is 5. The number of hydrogen-bond donors (Lipinski definition) is 0. The molecule has 0 amide bonds. The van der Waals surface area contributed by atoms with Crippen LogP contribution in [0.4, 0.5) is 11.4 Å². The second kappa shape index (κ2) is 3.77. The number of rotatable bonds is 2. The summed E-state index contributed by atoms with van der Waals surface area (Å²) >= 11 is 0.180. The van der Waals surface area contributed by atoms with Crippen molar-refractivity contribution >= 4 is 22.8 Å². The van der Waals surface area contributed by atoms with Gasteiger partial charge in [0.05, 0.1) is 27.3 Å². The lowest BCUT2D eigenvalue weighted by atomic mass is 10.3. The third-order valence-electron chi connectivity index (χ3n) is 1.45. The van der Waals surface area contributed by atoms with Gasteiger partial charge in [0.15, 0.2) is 0 Å². The van der Waals surface area contributed by atoms with Crippen LogP contribution >= 0.6 is 11.4 Å². The smallest absolute Gasteiger partial charge is 0.258 e. The maximum Gasteiger partial charge on any atom is 0.296 e. The molecule has 1 aromatic rings. The van der Waals surface area contributed by atoms with E-state index in [1.807, 2.05) is 0 Å². The van der Waals surface area contributed by atoms with E-state index in [4.69, 9.17) is 4.61 Å². The average Bonchev–Trinajstić information content (AvgIpc) is 2.16. The van der Waals surface area contributed by atoms with Gasteiger partial charge in [-0.05, 0) is 6.07 Å². The Kier molecular flexibility index (Phi) is 2.70. The lowest BCUT2D eigenvalue weighted by molar-refractivity contribution is -0.396. The summed E-state index contributed by atoms with van der Waals surface area (Å²) in [5.74, 6) is 0. The minimum Gasteiger partial charge on any atom is -0.258 e. The van der Waals surface area contributed by atoms with Crippen molar-refractivity contribution < 1.29 is 9.85 Å². The van der Waals surface area contributed by atoms with Crippen LogP contribution in [0.5, 0.6) is 0 Å². The van der Waals surface area contributed by atoms with Gasteiger partial charge in [-0.25, -0.2) is 0 Å². The second-order valence-electron chi connectivity index (χ2n) is 2.26. The van der Waals surface area contributed by atoms with Crippen molar-refractivity contribution in [1.29, 1.82) is 4.61 Å². The van der Waals surface area contributed by atoms with Crippen molar-refractivity contribution in [3.8, 4) is 0 Å². The Morgan fingerprint density at radius 1 is 1.21 bits per heavy atom. The molecule has 0 saturated heterocycles. The van der Waals surface area contributed by atoms with Gasteiger partial charge < -0.3 is 0 Å². The SMILES string of the molecule is N#Sc1ccc([N+](=O)[O-])cc1[N+](=O)[O-]. The molecule has 0 unspecified atom stereocenters. The first-order chi connectivity index (χ1) is 6.56. The molecule has 1 aromatic carbocycles. The summed E-state index contributed by atoms with van der Waals surface area (Å²) in [4.78, 5) is 19.2. The van der Waals surface area contributed by atoms with Crippen LogP contribution in [0.25, 0.3) is 0 Å². The van der Waals surface area contributed by atoms with E-state index in [-0.39, 0.29) is 22.0 Å². The van der Waals surface area contributed by atoms with Crippen LogP contribution in [0.15, 0.2) is 23.1 Å². The summed E-state index contributed by atoms with van der Waals surface area (Å²) in [5, 5.41) is 20.7. The summed E-state index contributed by atoms with van der Waals surface area (Å²) < 4.78 is 8.64. The van der Waals surface area contributed by atoms with Crippen LogP contribution < -0.4 is 0 Å². The largest absolute Gasteiger partial charge is 0.296 e. The van der Waals surface area contributed by atoms with Crippen molar-refractivity contribution in [2.75, 3.05) is 0 Å². The number of nitrogens with zero attached hydrogens (tertiary/aromatic N) is 3. The van der Waals surface area contributed by atoms with Crippen LogP contribution in [-0.2, 0) is 0 Å². The van der Waals surface area contributed by atoms with E-state index in [1.54, 1.807) is 0 Å². The fourth-order valence-electron chi connectivity index (χ4n) is 0.839. The molecule has 7 nitrogen and oxygen atoms in total. The van der Waals surface area contributed by atoms with Crippen molar-refractivity contribution in [3.05, 3.63) is 38.4 Å². The predicted molar refractivity (Wildman–Crippen MR) is 47.3 cm³/mol. The molecular formula is C6H3N3O4S.